The van der Waals surface area contributed by atoms with Crippen molar-refractivity contribution >= 4 is 10.0 Å². The molecule has 0 aliphatic heterocycles. The van der Waals surface area contributed by atoms with E-state index < -0.39 is 15.6 Å². The van der Waals surface area contributed by atoms with Crippen molar-refractivity contribution in [2.45, 2.75) is 52.0 Å². The second-order valence-corrected chi connectivity index (χ2v) is 6.51. The van der Waals surface area contributed by atoms with Gasteiger partial charge in [-0.15, -0.1) is 0 Å². The van der Waals surface area contributed by atoms with Crippen molar-refractivity contribution < 1.29 is 8.42 Å². The topological polar surface area (TPSA) is 46.2 Å². The Kier molecular flexibility index (Phi) is 3.37. The van der Waals surface area contributed by atoms with Gasteiger partial charge in [-0.05, 0) is 46.5 Å². The van der Waals surface area contributed by atoms with Crippen molar-refractivity contribution in [2.24, 2.45) is 0 Å². The molecule has 0 spiro atoms. The Bertz CT molecular complexity index is 323. The molecule has 0 aromatic carbocycles. The molecule has 0 radical (unpaired) electrons. The van der Waals surface area contributed by atoms with Gasteiger partial charge in [0.05, 0.1) is 4.91 Å². The van der Waals surface area contributed by atoms with E-state index in [1.165, 1.54) is 0 Å². The van der Waals surface area contributed by atoms with Gasteiger partial charge < -0.3 is 0 Å². The number of hydrogen-bond donors (Lipinski definition) is 1. The molecule has 0 saturated carbocycles. The maximum Gasteiger partial charge on any atom is 0.236 e. The van der Waals surface area contributed by atoms with Crippen LogP contribution in [0.25, 0.3) is 0 Å². The van der Waals surface area contributed by atoms with Gasteiger partial charge in [0, 0.05) is 5.54 Å². The molecular weight excluding hydrogens is 198 g/mol. The van der Waals surface area contributed by atoms with Crippen LogP contribution in [0.3, 0.4) is 0 Å². The summed E-state index contributed by atoms with van der Waals surface area (Å²) in [5.74, 6) is 0. The fraction of sp³-hybridized carbons (Fsp3) is 0.800. The van der Waals surface area contributed by atoms with Crippen LogP contribution in [-0.4, -0.2) is 14.0 Å². The second kappa shape index (κ2) is 4.03. The molecule has 14 heavy (non-hydrogen) atoms. The van der Waals surface area contributed by atoms with Crippen LogP contribution in [0.15, 0.2) is 11.0 Å². The summed E-state index contributed by atoms with van der Waals surface area (Å²) in [5, 5.41) is 0. The lowest BCUT2D eigenvalue weighted by Gasteiger charge is -2.22. The van der Waals surface area contributed by atoms with E-state index in [4.69, 9.17) is 0 Å². The first-order chi connectivity index (χ1) is 6.31. The van der Waals surface area contributed by atoms with Gasteiger partial charge in [0.2, 0.25) is 10.0 Å². The molecule has 0 aromatic heterocycles. The predicted molar refractivity (Wildman–Crippen MR) is 58.4 cm³/mol. The summed E-state index contributed by atoms with van der Waals surface area (Å²) < 4.78 is 26.3. The fourth-order valence-corrected chi connectivity index (χ4v) is 3.21. The lowest BCUT2D eigenvalue weighted by Crippen LogP contribution is -2.41. The van der Waals surface area contributed by atoms with Crippen molar-refractivity contribution in [3.8, 4) is 0 Å². The maximum absolute atomic E-state index is 11.8. The van der Waals surface area contributed by atoms with E-state index in [9.17, 15) is 8.42 Å². The molecule has 82 valence electrons. The molecule has 0 aromatic rings. The first kappa shape index (κ1) is 11.7. The maximum atomic E-state index is 11.8. The monoisotopic (exact) mass is 217 g/mol. The van der Waals surface area contributed by atoms with E-state index in [2.05, 4.69) is 4.72 Å². The molecule has 1 aliphatic rings. The number of nitrogens with one attached hydrogen (secondary N) is 1. The van der Waals surface area contributed by atoms with Gasteiger partial charge in [-0.25, -0.2) is 13.1 Å². The number of sulfonamides is 1. The molecule has 0 saturated heterocycles. The minimum Gasteiger partial charge on any atom is -0.207 e. The molecule has 0 unspecified atom stereocenters. The number of hydrogen-bond acceptors (Lipinski definition) is 2. The third kappa shape index (κ3) is 3.42. The standard InChI is InChI=1S/C10H19NO2S/c1-10(2,3)11-14(12,13)9-7-5-4-6-8-9/h7,11H,4-6,8H2,1-3H3. The van der Waals surface area contributed by atoms with E-state index in [1.807, 2.05) is 26.8 Å². The van der Waals surface area contributed by atoms with Crippen molar-refractivity contribution in [2.75, 3.05) is 0 Å². The smallest absolute Gasteiger partial charge is 0.207 e. The van der Waals surface area contributed by atoms with Crippen LogP contribution in [0, 0.1) is 0 Å². The normalized spacial score (nSPS) is 19.2. The summed E-state index contributed by atoms with van der Waals surface area (Å²) in [6, 6.07) is 0. The van der Waals surface area contributed by atoms with E-state index in [0.717, 1.165) is 19.3 Å². The minimum absolute atomic E-state index is 0.392. The molecule has 1 N–H and O–H groups in total. The summed E-state index contributed by atoms with van der Waals surface area (Å²) in [7, 11) is -3.23. The van der Waals surface area contributed by atoms with Crippen molar-refractivity contribution in [1.82, 2.24) is 4.72 Å². The highest BCUT2D eigenvalue weighted by molar-refractivity contribution is 7.93. The van der Waals surface area contributed by atoms with Crippen LogP contribution in [0.5, 0.6) is 0 Å². The summed E-state index contributed by atoms with van der Waals surface area (Å²) >= 11 is 0. The van der Waals surface area contributed by atoms with E-state index in [1.54, 1.807) is 0 Å². The molecule has 0 bridgehead atoms. The fourth-order valence-electron chi connectivity index (χ4n) is 1.52. The van der Waals surface area contributed by atoms with E-state index in [-0.39, 0.29) is 0 Å². The van der Waals surface area contributed by atoms with Crippen LogP contribution in [0.2, 0.25) is 0 Å². The molecule has 0 amide bonds. The van der Waals surface area contributed by atoms with Crippen molar-refractivity contribution in [1.29, 1.82) is 0 Å². The van der Waals surface area contributed by atoms with Crippen LogP contribution >= 0.6 is 0 Å². The molecule has 1 aliphatic carbocycles. The molecule has 0 fully saturated rings. The zero-order valence-electron chi connectivity index (χ0n) is 9.13. The Morgan fingerprint density at radius 1 is 1.29 bits per heavy atom. The van der Waals surface area contributed by atoms with Crippen LogP contribution in [0.1, 0.15) is 46.5 Å². The molecule has 3 nitrogen and oxygen atoms in total. The average Bonchev–Trinajstić information content (AvgIpc) is 2.01. The SMILES string of the molecule is CC(C)(C)NS(=O)(=O)C1=CCCCC1. The zero-order valence-corrected chi connectivity index (χ0v) is 9.95. The molecule has 4 heteroatoms. The number of rotatable bonds is 2. The zero-order chi connectivity index (χ0) is 10.8. The summed E-state index contributed by atoms with van der Waals surface area (Å²) in [6.07, 6.45) is 5.51. The molecule has 0 atom stereocenters. The third-order valence-corrected chi connectivity index (χ3v) is 3.98. The Labute approximate surface area is 86.6 Å². The third-order valence-electron chi connectivity index (χ3n) is 2.04. The minimum atomic E-state index is -3.23. The first-order valence-electron chi connectivity index (χ1n) is 5.04. The van der Waals surface area contributed by atoms with Gasteiger partial charge in [0.25, 0.3) is 0 Å². The van der Waals surface area contributed by atoms with E-state index >= 15 is 0 Å². The summed E-state index contributed by atoms with van der Waals surface area (Å²) in [5.41, 5.74) is -0.392. The highest BCUT2D eigenvalue weighted by Crippen LogP contribution is 2.22. The first-order valence-corrected chi connectivity index (χ1v) is 6.53. The van der Waals surface area contributed by atoms with Gasteiger partial charge in [-0.3, -0.25) is 0 Å². The lowest BCUT2D eigenvalue weighted by atomic mass is 10.1. The summed E-state index contributed by atoms with van der Waals surface area (Å²) in [4.78, 5) is 0.568. The Balaban J connectivity index is 2.80. The highest BCUT2D eigenvalue weighted by atomic mass is 32.2. The van der Waals surface area contributed by atoms with Gasteiger partial charge in [-0.1, -0.05) is 6.08 Å². The van der Waals surface area contributed by atoms with Gasteiger partial charge >= 0.3 is 0 Å². The van der Waals surface area contributed by atoms with Crippen molar-refractivity contribution in [3.63, 3.8) is 0 Å². The van der Waals surface area contributed by atoms with Gasteiger partial charge in [0.15, 0.2) is 0 Å². The average molecular weight is 217 g/mol. The number of allylic oxidation sites excluding steroid dienone is 2. The molecule has 0 heterocycles. The van der Waals surface area contributed by atoms with Gasteiger partial charge in [-0.2, -0.15) is 0 Å². The largest absolute Gasteiger partial charge is 0.236 e. The quantitative estimate of drug-likeness (QED) is 0.770. The predicted octanol–water partition coefficient (Wildman–Crippen LogP) is 2.16. The summed E-state index contributed by atoms with van der Waals surface area (Å²) in [6.45, 7) is 5.57. The Morgan fingerprint density at radius 2 is 1.93 bits per heavy atom. The Morgan fingerprint density at radius 3 is 2.36 bits per heavy atom. The van der Waals surface area contributed by atoms with E-state index in [0.29, 0.717) is 11.3 Å². The molecular formula is C10H19NO2S. The van der Waals surface area contributed by atoms with Crippen LogP contribution < -0.4 is 4.72 Å². The van der Waals surface area contributed by atoms with Crippen LogP contribution in [-0.2, 0) is 10.0 Å². The lowest BCUT2D eigenvalue weighted by molar-refractivity contribution is 0.493. The Hall–Kier alpha value is -0.350. The highest BCUT2D eigenvalue weighted by Gasteiger charge is 2.24. The van der Waals surface area contributed by atoms with Crippen LogP contribution in [0.4, 0.5) is 0 Å². The molecule has 1 rings (SSSR count). The van der Waals surface area contributed by atoms with Crippen molar-refractivity contribution in [3.05, 3.63) is 11.0 Å². The van der Waals surface area contributed by atoms with Gasteiger partial charge in [0.1, 0.15) is 0 Å². The second-order valence-electron chi connectivity index (χ2n) is 4.77.